The highest BCUT2D eigenvalue weighted by Gasteiger charge is 2.25. The number of carbonyl (C=O) groups excluding carboxylic acids is 1. The van der Waals surface area contributed by atoms with E-state index in [-0.39, 0.29) is 17.4 Å². The van der Waals surface area contributed by atoms with Crippen molar-refractivity contribution in [3.8, 4) is 5.69 Å². The lowest BCUT2D eigenvalue weighted by Gasteiger charge is -2.26. The molecule has 0 saturated carbocycles. The highest BCUT2D eigenvalue weighted by molar-refractivity contribution is 7.73. The molecule has 8 heteroatoms. The SMILES string of the molecule is Nc1c(C(=O)N2CCOCC2)sc(=S)n1-c1ccccc1F. The lowest BCUT2D eigenvalue weighted by molar-refractivity contribution is 0.0306. The molecule has 3 rings (SSSR count). The molecule has 2 N–H and O–H groups in total. The van der Waals surface area contributed by atoms with Crippen molar-refractivity contribution in [3.05, 3.63) is 38.9 Å². The van der Waals surface area contributed by atoms with Crippen LogP contribution in [0.25, 0.3) is 5.69 Å². The van der Waals surface area contributed by atoms with Crippen molar-refractivity contribution < 1.29 is 13.9 Å². The quantitative estimate of drug-likeness (QED) is 0.854. The Bertz CT molecular complexity index is 766. The molecular formula is C14H14FN3O2S2. The maximum atomic E-state index is 14.0. The zero-order valence-corrected chi connectivity index (χ0v) is 13.3. The van der Waals surface area contributed by atoms with Crippen molar-refractivity contribution in [1.82, 2.24) is 9.47 Å². The fourth-order valence-electron chi connectivity index (χ4n) is 2.31. The monoisotopic (exact) mass is 339 g/mol. The molecule has 22 heavy (non-hydrogen) atoms. The fourth-order valence-corrected chi connectivity index (χ4v) is 3.63. The molecule has 1 amide bonds. The van der Waals surface area contributed by atoms with E-state index in [1.165, 1.54) is 10.6 Å². The van der Waals surface area contributed by atoms with Crippen molar-refractivity contribution in [3.63, 3.8) is 0 Å². The van der Waals surface area contributed by atoms with E-state index >= 15 is 0 Å². The van der Waals surface area contributed by atoms with Gasteiger partial charge >= 0.3 is 0 Å². The van der Waals surface area contributed by atoms with Gasteiger partial charge in [0.1, 0.15) is 16.5 Å². The third-order valence-electron chi connectivity index (χ3n) is 3.43. The average molecular weight is 339 g/mol. The Labute approximate surface area is 135 Å². The number of ether oxygens (including phenoxy) is 1. The summed E-state index contributed by atoms with van der Waals surface area (Å²) in [6.07, 6.45) is 0. The molecule has 1 aliphatic rings. The number of nitrogens with two attached hydrogens (primary N) is 1. The number of aromatic nitrogens is 1. The third kappa shape index (κ3) is 2.65. The maximum Gasteiger partial charge on any atom is 0.267 e. The molecular weight excluding hydrogens is 325 g/mol. The van der Waals surface area contributed by atoms with E-state index in [0.717, 1.165) is 11.3 Å². The highest BCUT2D eigenvalue weighted by Crippen LogP contribution is 2.28. The molecule has 0 radical (unpaired) electrons. The van der Waals surface area contributed by atoms with Gasteiger partial charge in [-0.05, 0) is 24.4 Å². The summed E-state index contributed by atoms with van der Waals surface area (Å²) < 4.78 is 21.0. The average Bonchev–Trinajstić information content (AvgIpc) is 2.83. The van der Waals surface area contributed by atoms with E-state index in [9.17, 15) is 9.18 Å². The van der Waals surface area contributed by atoms with Crippen LogP contribution in [-0.2, 0) is 4.74 Å². The second-order valence-electron chi connectivity index (χ2n) is 4.77. The summed E-state index contributed by atoms with van der Waals surface area (Å²) in [7, 11) is 0. The number of amides is 1. The number of nitrogen functional groups attached to an aromatic ring is 1. The van der Waals surface area contributed by atoms with Crippen LogP contribution in [-0.4, -0.2) is 41.7 Å². The summed E-state index contributed by atoms with van der Waals surface area (Å²) in [5, 5.41) is 0. The van der Waals surface area contributed by atoms with Crippen LogP contribution >= 0.6 is 23.6 Å². The van der Waals surface area contributed by atoms with Gasteiger partial charge in [-0.1, -0.05) is 23.5 Å². The molecule has 1 aliphatic heterocycles. The van der Waals surface area contributed by atoms with E-state index in [0.29, 0.717) is 35.1 Å². The number of benzene rings is 1. The van der Waals surface area contributed by atoms with Gasteiger partial charge in [-0.15, -0.1) is 0 Å². The predicted molar refractivity (Wildman–Crippen MR) is 85.6 cm³/mol. The van der Waals surface area contributed by atoms with Gasteiger partial charge in [0.25, 0.3) is 5.91 Å². The minimum atomic E-state index is -0.437. The lowest BCUT2D eigenvalue weighted by Crippen LogP contribution is -2.40. The van der Waals surface area contributed by atoms with Crippen molar-refractivity contribution >= 4 is 35.3 Å². The largest absolute Gasteiger partial charge is 0.383 e. The normalized spacial score (nSPS) is 15.0. The van der Waals surface area contributed by atoms with Crippen LogP contribution in [0, 0.1) is 9.77 Å². The Balaban J connectivity index is 2.02. The number of thiazole rings is 1. The van der Waals surface area contributed by atoms with Crippen molar-refractivity contribution in [1.29, 1.82) is 0 Å². The Morgan fingerprint density at radius 3 is 2.68 bits per heavy atom. The van der Waals surface area contributed by atoms with Crippen LogP contribution in [0.3, 0.4) is 0 Å². The molecule has 1 aromatic carbocycles. The number of nitrogens with zero attached hydrogens (tertiary/aromatic N) is 2. The highest BCUT2D eigenvalue weighted by atomic mass is 32.1. The fraction of sp³-hybridized carbons (Fsp3) is 0.286. The molecule has 2 aromatic rings. The molecule has 0 aliphatic carbocycles. The Hall–Kier alpha value is -1.77. The second-order valence-corrected chi connectivity index (χ2v) is 6.42. The van der Waals surface area contributed by atoms with E-state index < -0.39 is 5.82 Å². The van der Waals surface area contributed by atoms with Crippen LogP contribution in [0.5, 0.6) is 0 Å². The number of rotatable bonds is 2. The minimum Gasteiger partial charge on any atom is -0.383 e. The summed E-state index contributed by atoms with van der Waals surface area (Å²) in [5.74, 6) is -0.447. The summed E-state index contributed by atoms with van der Waals surface area (Å²) in [6.45, 7) is 2.04. The predicted octanol–water partition coefficient (Wildman–Crippen LogP) is 2.46. The van der Waals surface area contributed by atoms with Crippen molar-refractivity contribution in [2.45, 2.75) is 0 Å². The minimum absolute atomic E-state index is 0.177. The number of para-hydroxylation sites is 1. The first-order valence-corrected chi connectivity index (χ1v) is 7.95. The third-order valence-corrected chi connectivity index (χ3v) is 4.81. The summed E-state index contributed by atoms with van der Waals surface area (Å²) in [6, 6.07) is 6.19. The molecule has 0 atom stereocenters. The molecule has 1 saturated heterocycles. The van der Waals surface area contributed by atoms with Gasteiger partial charge in [-0.25, -0.2) is 4.39 Å². The first kappa shape index (κ1) is 15.1. The van der Waals surface area contributed by atoms with Gasteiger partial charge in [-0.2, -0.15) is 0 Å². The van der Waals surface area contributed by atoms with Crippen LogP contribution in [0.15, 0.2) is 24.3 Å². The Morgan fingerprint density at radius 1 is 1.32 bits per heavy atom. The summed E-state index contributed by atoms with van der Waals surface area (Å²) in [4.78, 5) is 14.6. The summed E-state index contributed by atoms with van der Waals surface area (Å²) >= 11 is 6.36. The number of hydrogen-bond acceptors (Lipinski definition) is 5. The van der Waals surface area contributed by atoms with E-state index in [1.54, 1.807) is 23.1 Å². The zero-order chi connectivity index (χ0) is 15.7. The number of morpholine rings is 1. The first-order valence-electron chi connectivity index (χ1n) is 6.73. The van der Waals surface area contributed by atoms with Gasteiger partial charge in [0.05, 0.1) is 18.9 Å². The van der Waals surface area contributed by atoms with Gasteiger partial charge in [0.2, 0.25) is 0 Å². The molecule has 1 aromatic heterocycles. The topological polar surface area (TPSA) is 60.5 Å². The number of anilines is 1. The zero-order valence-electron chi connectivity index (χ0n) is 11.6. The molecule has 0 unspecified atom stereocenters. The Morgan fingerprint density at radius 2 is 2.00 bits per heavy atom. The lowest BCUT2D eigenvalue weighted by atomic mass is 10.3. The Kier molecular flexibility index (Phi) is 4.23. The molecule has 116 valence electrons. The van der Waals surface area contributed by atoms with E-state index in [1.807, 2.05) is 0 Å². The van der Waals surface area contributed by atoms with Gasteiger partial charge in [-0.3, -0.25) is 9.36 Å². The van der Waals surface area contributed by atoms with Crippen LogP contribution in [0.1, 0.15) is 9.67 Å². The smallest absolute Gasteiger partial charge is 0.267 e. The number of carbonyl (C=O) groups is 1. The second kappa shape index (κ2) is 6.15. The van der Waals surface area contributed by atoms with Gasteiger partial charge in [0, 0.05) is 13.1 Å². The van der Waals surface area contributed by atoms with Crippen LogP contribution in [0.4, 0.5) is 10.2 Å². The molecule has 0 spiro atoms. The van der Waals surface area contributed by atoms with Crippen LogP contribution < -0.4 is 5.73 Å². The van der Waals surface area contributed by atoms with E-state index in [4.69, 9.17) is 22.7 Å². The first-order chi connectivity index (χ1) is 10.6. The van der Waals surface area contributed by atoms with Crippen molar-refractivity contribution in [2.24, 2.45) is 0 Å². The number of hydrogen-bond donors (Lipinski definition) is 1. The number of halogens is 1. The molecule has 2 heterocycles. The van der Waals surface area contributed by atoms with Gasteiger partial charge < -0.3 is 15.4 Å². The standard InChI is InChI=1S/C14H14FN3O2S2/c15-9-3-1-2-4-10(9)18-12(16)11(22-14(18)21)13(19)17-5-7-20-8-6-17/h1-4H,5-8,16H2. The van der Waals surface area contributed by atoms with Gasteiger partial charge in [0.15, 0.2) is 3.95 Å². The summed E-state index contributed by atoms with van der Waals surface area (Å²) in [5.41, 5.74) is 6.33. The molecule has 5 nitrogen and oxygen atoms in total. The maximum absolute atomic E-state index is 14.0. The molecule has 0 bridgehead atoms. The molecule has 1 fully saturated rings. The van der Waals surface area contributed by atoms with Crippen LogP contribution in [0.2, 0.25) is 0 Å². The van der Waals surface area contributed by atoms with Crippen molar-refractivity contribution in [2.75, 3.05) is 32.0 Å². The van der Waals surface area contributed by atoms with E-state index in [2.05, 4.69) is 0 Å².